The molecular formula is C15H21FN2O2. The first-order valence-electron chi connectivity index (χ1n) is 7.21. The van der Waals surface area contributed by atoms with Crippen LogP contribution in [-0.4, -0.2) is 22.1 Å². The maximum absolute atomic E-state index is 13.0. The number of halogens is 1. The molecule has 2 rings (SSSR count). The van der Waals surface area contributed by atoms with Gasteiger partial charge in [0, 0.05) is 6.04 Å². The summed E-state index contributed by atoms with van der Waals surface area (Å²) in [6, 6.07) is 2.91. The van der Waals surface area contributed by atoms with Crippen molar-refractivity contribution in [1.82, 2.24) is 10.3 Å². The molecule has 1 aromatic rings. The van der Waals surface area contributed by atoms with E-state index in [-0.39, 0.29) is 6.04 Å². The Hall–Kier alpha value is -1.49. The first-order chi connectivity index (χ1) is 9.58. The molecule has 110 valence electrons. The van der Waals surface area contributed by atoms with E-state index in [1.165, 1.54) is 18.6 Å². The average molecular weight is 280 g/mol. The number of pyridine rings is 1. The van der Waals surface area contributed by atoms with E-state index in [1.54, 1.807) is 0 Å². The van der Waals surface area contributed by atoms with Crippen molar-refractivity contribution in [2.75, 3.05) is 0 Å². The van der Waals surface area contributed by atoms with Crippen molar-refractivity contribution in [3.05, 3.63) is 29.8 Å². The molecule has 1 atom stereocenters. The highest BCUT2D eigenvalue weighted by Gasteiger charge is 2.41. The fourth-order valence-electron chi connectivity index (χ4n) is 2.90. The van der Waals surface area contributed by atoms with E-state index in [0.29, 0.717) is 12.1 Å². The zero-order valence-corrected chi connectivity index (χ0v) is 11.7. The van der Waals surface area contributed by atoms with E-state index in [2.05, 4.69) is 10.3 Å². The van der Waals surface area contributed by atoms with Gasteiger partial charge in [0.05, 0.1) is 11.9 Å². The van der Waals surface area contributed by atoms with Crippen molar-refractivity contribution in [3.63, 3.8) is 0 Å². The Labute approximate surface area is 118 Å². The van der Waals surface area contributed by atoms with Crippen molar-refractivity contribution in [2.24, 2.45) is 0 Å². The number of hydrogen-bond acceptors (Lipinski definition) is 3. The molecule has 0 spiro atoms. The highest BCUT2D eigenvalue weighted by Crippen LogP contribution is 2.28. The predicted molar refractivity (Wildman–Crippen MR) is 73.8 cm³/mol. The van der Waals surface area contributed by atoms with Gasteiger partial charge in [-0.15, -0.1) is 0 Å². The number of rotatable bonds is 5. The summed E-state index contributed by atoms with van der Waals surface area (Å²) in [5, 5.41) is 13.0. The third-order valence-corrected chi connectivity index (χ3v) is 4.12. The van der Waals surface area contributed by atoms with E-state index in [1.807, 2.05) is 6.92 Å². The number of aromatic nitrogens is 1. The molecule has 1 heterocycles. The van der Waals surface area contributed by atoms with Gasteiger partial charge >= 0.3 is 5.97 Å². The molecule has 2 N–H and O–H groups in total. The minimum atomic E-state index is -1.23. The van der Waals surface area contributed by atoms with Crippen molar-refractivity contribution in [2.45, 2.75) is 57.0 Å². The monoisotopic (exact) mass is 280 g/mol. The Balaban J connectivity index is 2.28. The van der Waals surface area contributed by atoms with Crippen LogP contribution in [0.1, 0.15) is 51.1 Å². The number of carbonyl (C=O) groups is 1. The molecule has 1 unspecified atom stereocenters. The molecule has 1 fully saturated rings. The van der Waals surface area contributed by atoms with Gasteiger partial charge in [-0.05, 0) is 31.4 Å². The summed E-state index contributed by atoms with van der Waals surface area (Å²) in [4.78, 5) is 15.8. The van der Waals surface area contributed by atoms with Gasteiger partial charge in [-0.25, -0.2) is 9.18 Å². The lowest BCUT2D eigenvalue weighted by atomic mass is 9.87. The van der Waals surface area contributed by atoms with Crippen molar-refractivity contribution in [3.8, 4) is 0 Å². The van der Waals surface area contributed by atoms with Crippen molar-refractivity contribution in [1.29, 1.82) is 0 Å². The smallest absolute Gasteiger partial charge is 0.330 e. The second-order valence-corrected chi connectivity index (χ2v) is 5.40. The minimum Gasteiger partial charge on any atom is -0.480 e. The van der Waals surface area contributed by atoms with E-state index >= 15 is 0 Å². The third kappa shape index (κ3) is 2.98. The summed E-state index contributed by atoms with van der Waals surface area (Å²) in [6.45, 7) is 1.81. The summed E-state index contributed by atoms with van der Waals surface area (Å²) >= 11 is 0. The largest absolute Gasteiger partial charge is 0.480 e. The van der Waals surface area contributed by atoms with Gasteiger partial charge in [-0.1, -0.05) is 26.2 Å². The number of aliphatic carboxylic acids is 1. The maximum atomic E-state index is 13.0. The zero-order valence-electron chi connectivity index (χ0n) is 11.7. The first kappa shape index (κ1) is 14.9. The van der Waals surface area contributed by atoms with Crippen LogP contribution in [0.25, 0.3) is 0 Å². The summed E-state index contributed by atoms with van der Waals surface area (Å²) in [7, 11) is 0. The molecule has 1 aromatic heterocycles. The topological polar surface area (TPSA) is 62.2 Å². The molecule has 1 aliphatic carbocycles. The maximum Gasteiger partial charge on any atom is 0.330 e. The van der Waals surface area contributed by atoms with Gasteiger partial charge in [0.25, 0.3) is 0 Å². The van der Waals surface area contributed by atoms with Gasteiger partial charge in [0.15, 0.2) is 5.54 Å². The normalized spacial score (nSPS) is 19.5. The van der Waals surface area contributed by atoms with Crippen LogP contribution in [-0.2, 0) is 10.3 Å². The molecule has 0 aliphatic heterocycles. The van der Waals surface area contributed by atoms with Gasteiger partial charge in [-0.3, -0.25) is 10.3 Å². The van der Waals surface area contributed by atoms with Crippen LogP contribution in [0.15, 0.2) is 18.3 Å². The summed E-state index contributed by atoms with van der Waals surface area (Å²) in [6.07, 6.45) is 6.86. The Bertz CT molecular complexity index is 457. The quantitative estimate of drug-likeness (QED) is 0.870. The molecule has 1 aliphatic rings. The molecule has 4 nitrogen and oxygen atoms in total. The number of carboxylic acid groups (broad SMARTS) is 1. The van der Waals surface area contributed by atoms with Crippen LogP contribution in [0.2, 0.25) is 0 Å². The number of nitrogens with one attached hydrogen (secondary N) is 1. The highest BCUT2D eigenvalue weighted by atomic mass is 19.1. The van der Waals surface area contributed by atoms with Crippen LogP contribution < -0.4 is 5.32 Å². The van der Waals surface area contributed by atoms with Crippen molar-refractivity contribution >= 4 is 5.97 Å². The average Bonchev–Trinajstić information content (AvgIpc) is 2.46. The second kappa shape index (κ2) is 6.31. The van der Waals surface area contributed by atoms with Gasteiger partial charge < -0.3 is 5.11 Å². The molecular weight excluding hydrogens is 259 g/mol. The van der Waals surface area contributed by atoms with E-state index < -0.39 is 17.3 Å². The van der Waals surface area contributed by atoms with Gasteiger partial charge in [0.1, 0.15) is 5.82 Å². The summed E-state index contributed by atoms with van der Waals surface area (Å²) in [5.41, 5.74) is -0.852. The number of nitrogens with zero attached hydrogens (tertiary/aromatic N) is 1. The Kier molecular flexibility index (Phi) is 4.70. The highest BCUT2D eigenvalue weighted by molar-refractivity contribution is 5.80. The van der Waals surface area contributed by atoms with Gasteiger partial charge in [0.2, 0.25) is 0 Å². The van der Waals surface area contributed by atoms with E-state index in [0.717, 1.165) is 31.9 Å². The standard InChI is InChI=1S/C15H21FN2O2/c1-2-15(14(19)20,13-9-8-11(16)10-17-13)18-12-6-4-3-5-7-12/h8-10,12,18H,2-7H2,1H3,(H,19,20). The molecule has 5 heteroatoms. The van der Waals surface area contributed by atoms with Crippen LogP contribution in [0, 0.1) is 5.82 Å². The number of carboxylic acids is 1. The van der Waals surface area contributed by atoms with Crippen LogP contribution >= 0.6 is 0 Å². The first-order valence-corrected chi connectivity index (χ1v) is 7.21. The molecule has 0 radical (unpaired) electrons. The molecule has 1 saturated carbocycles. The van der Waals surface area contributed by atoms with Crippen LogP contribution in [0.5, 0.6) is 0 Å². The molecule has 0 saturated heterocycles. The van der Waals surface area contributed by atoms with E-state index in [4.69, 9.17) is 0 Å². The third-order valence-electron chi connectivity index (χ3n) is 4.12. The lowest BCUT2D eigenvalue weighted by Crippen LogP contribution is -2.54. The lowest BCUT2D eigenvalue weighted by Gasteiger charge is -2.35. The Morgan fingerprint density at radius 2 is 2.15 bits per heavy atom. The minimum absolute atomic E-state index is 0.187. The van der Waals surface area contributed by atoms with Crippen LogP contribution in [0.4, 0.5) is 4.39 Å². The summed E-state index contributed by atoms with van der Waals surface area (Å²) < 4.78 is 13.0. The predicted octanol–water partition coefficient (Wildman–Crippen LogP) is 2.83. The number of hydrogen-bond donors (Lipinski definition) is 2. The molecule has 0 amide bonds. The summed E-state index contributed by atoms with van der Waals surface area (Å²) in [5.74, 6) is -1.41. The lowest BCUT2D eigenvalue weighted by molar-refractivity contribution is -0.146. The zero-order chi connectivity index (χ0) is 14.6. The Morgan fingerprint density at radius 3 is 2.65 bits per heavy atom. The molecule has 20 heavy (non-hydrogen) atoms. The Morgan fingerprint density at radius 1 is 1.45 bits per heavy atom. The van der Waals surface area contributed by atoms with Gasteiger partial charge in [-0.2, -0.15) is 0 Å². The SMILES string of the molecule is CCC(NC1CCCCC1)(C(=O)O)c1ccc(F)cn1. The van der Waals surface area contributed by atoms with E-state index in [9.17, 15) is 14.3 Å². The van der Waals surface area contributed by atoms with Crippen molar-refractivity contribution < 1.29 is 14.3 Å². The molecule has 0 aromatic carbocycles. The molecule has 0 bridgehead atoms. The fourth-order valence-corrected chi connectivity index (χ4v) is 2.90. The second-order valence-electron chi connectivity index (χ2n) is 5.40. The fraction of sp³-hybridized carbons (Fsp3) is 0.600. The van der Waals surface area contributed by atoms with Crippen LogP contribution in [0.3, 0.4) is 0 Å².